The monoisotopic (exact) mass is 253 g/mol. The van der Waals surface area contributed by atoms with E-state index in [1.54, 1.807) is 22.5 Å². The smallest absolute Gasteiger partial charge is 0.243 e. The van der Waals surface area contributed by atoms with Crippen molar-refractivity contribution in [1.29, 1.82) is 0 Å². The molecular weight excluding hydrogens is 236 g/mol. The molecule has 5 heteroatoms. The van der Waals surface area contributed by atoms with Crippen LogP contribution in [-0.4, -0.2) is 25.8 Å². The largest absolute Gasteiger partial charge is 0.301 e. The van der Waals surface area contributed by atoms with E-state index in [9.17, 15) is 8.42 Å². The van der Waals surface area contributed by atoms with Crippen molar-refractivity contribution in [3.05, 3.63) is 24.3 Å². The van der Waals surface area contributed by atoms with Crippen LogP contribution in [0.1, 0.15) is 25.7 Å². The zero-order chi connectivity index (χ0) is 12.3. The number of nitrogens with zero attached hydrogens (tertiary/aromatic N) is 1. The van der Waals surface area contributed by atoms with Crippen LogP contribution in [0.2, 0.25) is 0 Å². The minimum atomic E-state index is -3.39. The van der Waals surface area contributed by atoms with E-state index in [0.717, 1.165) is 25.7 Å². The molecule has 1 fully saturated rings. The molecule has 0 atom stereocenters. The minimum Gasteiger partial charge on any atom is -0.301 e. The molecule has 0 aliphatic carbocycles. The minimum absolute atomic E-state index is 0.237. The summed E-state index contributed by atoms with van der Waals surface area (Å²) < 4.78 is 26.2. The van der Waals surface area contributed by atoms with Crippen molar-refractivity contribution in [3.8, 4) is 0 Å². The normalized spacial score (nSPS) is 18.8. The van der Waals surface area contributed by atoms with Crippen LogP contribution in [0.5, 0.6) is 0 Å². The second kappa shape index (κ2) is 5.06. The molecule has 0 bridgehead atoms. The molecule has 93 valence electrons. The van der Waals surface area contributed by atoms with Crippen LogP contribution in [-0.2, 0) is 10.0 Å². The Hall–Kier alpha value is -1.07. The van der Waals surface area contributed by atoms with Crippen molar-refractivity contribution in [2.24, 2.45) is 0 Å². The van der Waals surface area contributed by atoms with Crippen molar-refractivity contribution < 1.29 is 8.42 Å². The van der Waals surface area contributed by atoms with E-state index in [0.29, 0.717) is 13.1 Å². The third kappa shape index (κ3) is 2.79. The van der Waals surface area contributed by atoms with Gasteiger partial charge < -0.3 is 5.73 Å². The Morgan fingerprint density at radius 3 is 2.29 bits per heavy atom. The van der Waals surface area contributed by atoms with Gasteiger partial charge in [0.05, 0.1) is 10.6 Å². The van der Waals surface area contributed by atoms with Crippen molar-refractivity contribution in [2.45, 2.75) is 30.6 Å². The molecule has 1 radical (unpaired) electrons. The quantitative estimate of drug-likeness (QED) is 0.811. The lowest BCUT2D eigenvalue weighted by atomic mass is 10.2. The van der Waals surface area contributed by atoms with E-state index in [2.05, 4.69) is 0 Å². The van der Waals surface area contributed by atoms with Gasteiger partial charge in [-0.1, -0.05) is 18.9 Å². The Kier molecular flexibility index (Phi) is 3.69. The van der Waals surface area contributed by atoms with Gasteiger partial charge in [0, 0.05) is 13.1 Å². The average Bonchev–Trinajstić information content (AvgIpc) is 2.58. The van der Waals surface area contributed by atoms with Crippen LogP contribution in [0.25, 0.3) is 0 Å². The van der Waals surface area contributed by atoms with Gasteiger partial charge in [0.1, 0.15) is 0 Å². The SMILES string of the molecule is [NH]c1cccc(S(=O)(=O)N2CCCCCC2)c1. The zero-order valence-electron chi connectivity index (χ0n) is 9.72. The van der Waals surface area contributed by atoms with E-state index in [1.165, 1.54) is 6.07 Å². The Morgan fingerprint density at radius 2 is 1.71 bits per heavy atom. The summed E-state index contributed by atoms with van der Waals surface area (Å²) in [6, 6.07) is 6.19. The molecule has 0 spiro atoms. The molecule has 0 unspecified atom stereocenters. The first kappa shape index (κ1) is 12.4. The highest BCUT2D eigenvalue weighted by Gasteiger charge is 2.24. The van der Waals surface area contributed by atoms with Gasteiger partial charge in [0.25, 0.3) is 0 Å². The van der Waals surface area contributed by atoms with Gasteiger partial charge in [0.15, 0.2) is 0 Å². The fourth-order valence-corrected chi connectivity index (χ4v) is 3.65. The van der Waals surface area contributed by atoms with Gasteiger partial charge in [-0.05, 0) is 31.0 Å². The fraction of sp³-hybridized carbons (Fsp3) is 0.500. The van der Waals surface area contributed by atoms with Crippen LogP contribution in [0.3, 0.4) is 0 Å². The van der Waals surface area contributed by atoms with Crippen molar-refractivity contribution >= 4 is 15.7 Å². The molecule has 1 aromatic rings. The predicted octanol–water partition coefficient (Wildman–Crippen LogP) is 2.17. The molecule has 4 nitrogen and oxygen atoms in total. The summed E-state index contributed by atoms with van der Waals surface area (Å²) in [5.41, 5.74) is 7.73. The maximum Gasteiger partial charge on any atom is 0.243 e. The molecule has 0 saturated carbocycles. The van der Waals surface area contributed by atoms with Gasteiger partial charge in [-0.3, -0.25) is 0 Å². The second-order valence-corrected chi connectivity index (χ2v) is 6.28. The number of benzene rings is 1. The number of hydrogen-bond acceptors (Lipinski definition) is 2. The first-order valence-electron chi connectivity index (χ1n) is 5.92. The summed E-state index contributed by atoms with van der Waals surface area (Å²) >= 11 is 0. The van der Waals surface area contributed by atoms with Crippen LogP contribution in [0.4, 0.5) is 5.69 Å². The van der Waals surface area contributed by atoms with Crippen LogP contribution < -0.4 is 5.73 Å². The summed E-state index contributed by atoms with van der Waals surface area (Å²) in [6.45, 7) is 1.20. The summed E-state index contributed by atoms with van der Waals surface area (Å²) in [6.07, 6.45) is 4.06. The zero-order valence-corrected chi connectivity index (χ0v) is 10.5. The first-order valence-corrected chi connectivity index (χ1v) is 7.36. The lowest BCUT2D eigenvalue weighted by molar-refractivity contribution is 0.424. The molecule has 0 aromatic heterocycles. The molecule has 1 N–H and O–H groups in total. The van der Waals surface area contributed by atoms with Crippen LogP contribution >= 0.6 is 0 Å². The van der Waals surface area contributed by atoms with E-state index >= 15 is 0 Å². The van der Waals surface area contributed by atoms with E-state index < -0.39 is 10.0 Å². The van der Waals surface area contributed by atoms with Gasteiger partial charge >= 0.3 is 0 Å². The van der Waals surface area contributed by atoms with Crippen molar-refractivity contribution in [3.63, 3.8) is 0 Å². The summed E-state index contributed by atoms with van der Waals surface area (Å²) in [5.74, 6) is 0. The molecule has 1 heterocycles. The Bertz CT molecular complexity index is 477. The fourth-order valence-electron chi connectivity index (χ4n) is 2.09. The van der Waals surface area contributed by atoms with E-state index in [4.69, 9.17) is 5.73 Å². The van der Waals surface area contributed by atoms with Crippen LogP contribution in [0.15, 0.2) is 29.2 Å². The highest BCUT2D eigenvalue weighted by Crippen LogP contribution is 2.21. The maximum atomic E-state index is 12.3. The predicted molar refractivity (Wildman–Crippen MR) is 66.4 cm³/mol. The molecule has 1 aliphatic rings. The van der Waals surface area contributed by atoms with Gasteiger partial charge in [-0.15, -0.1) is 0 Å². The number of sulfonamides is 1. The third-order valence-electron chi connectivity index (χ3n) is 3.04. The Morgan fingerprint density at radius 1 is 1.06 bits per heavy atom. The summed E-state index contributed by atoms with van der Waals surface area (Å²) in [5, 5.41) is 0. The van der Waals surface area contributed by atoms with Crippen molar-refractivity contribution in [1.82, 2.24) is 10.0 Å². The molecule has 2 rings (SSSR count). The Labute approximate surface area is 102 Å². The maximum absolute atomic E-state index is 12.3. The van der Waals surface area contributed by atoms with Crippen molar-refractivity contribution in [2.75, 3.05) is 13.1 Å². The summed E-state index contributed by atoms with van der Waals surface area (Å²) in [4.78, 5) is 0.243. The van der Waals surface area contributed by atoms with E-state index in [1.807, 2.05) is 0 Å². The molecule has 1 aliphatic heterocycles. The lowest BCUT2D eigenvalue weighted by Gasteiger charge is -2.19. The molecule has 1 saturated heterocycles. The molecule has 1 aromatic carbocycles. The second-order valence-electron chi connectivity index (χ2n) is 4.35. The number of hydrogen-bond donors (Lipinski definition) is 0. The van der Waals surface area contributed by atoms with Gasteiger partial charge in [-0.2, -0.15) is 4.31 Å². The number of nitrogens with one attached hydrogen (secondary N) is 1. The Balaban J connectivity index is 2.28. The van der Waals surface area contributed by atoms with Gasteiger partial charge in [-0.25, -0.2) is 8.42 Å². The highest BCUT2D eigenvalue weighted by atomic mass is 32.2. The lowest BCUT2D eigenvalue weighted by Crippen LogP contribution is -2.31. The molecule has 0 amide bonds. The average molecular weight is 253 g/mol. The third-order valence-corrected chi connectivity index (χ3v) is 4.93. The summed E-state index contributed by atoms with van der Waals surface area (Å²) in [7, 11) is -3.39. The topological polar surface area (TPSA) is 61.2 Å². The van der Waals surface area contributed by atoms with E-state index in [-0.39, 0.29) is 10.6 Å². The molecular formula is C12H17N2O2S. The highest BCUT2D eigenvalue weighted by molar-refractivity contribution is 7.89. The number of rotatable bonds is 2. The standard InChI is InChI=1S/C12H17N2O2S/c13-11-6-5-7-12(10-11)17(15,16)14-8-3-1-2-4-9-14/h5-7,10,13H,1-4,8-9H2. The first-order chi connectivity index (χ1) is 8.10. The molecule has 17 heavy (non-hydrogen) atoms. The van der Waals surface area contributed by atoms with Gasteiger partial charge in [0.2, 0.25) is 10.0 Å². The van der Waals surface area contributed by atoms with Crippen LogP contribution in [0, 0.1) is 0 Å².